The third-order valence-corrected chi connectivity index (χ3v) is 2.87. The van der Waals surface area contributed by atoms with Crippen LogP contribution in [0.4, 0.5) is 5.69 Å². The average Bonchev–Trinajstić information content (AvgIpc) is 2.85. The molecule has 0 amide bonds. The van der Waals surface area contributed by atoms with Gasteiger partial charge in [-0.3, -0.25) is 10.8 Å². The molecular formula is C13H12ClN7. The van der Waals surface area contributed by atoms with Crippen LogP contribution in [0.3, 0.4) is 0 Å². The van der Waals surface area contributed by atoms with Crippen molar-refractivity contribution in [2.24, 2.45) is 10.8 Å². The highest BCUT2D eigenvalue weighted by Gasteiger charge is 2.06. The topological polar surface area (TPSA) is 116 Å². The number of nitrogens with two attached hydrogens (primary N) is 1. The van der Waals surface area contributed by atoms with Crippen molar-refractivity contribution in [1.82, 2.24) is 9.78 Å². The lowest BCUT2D eigenvalue weighted by atomic mass is 10.3. The molecule has 0 saturated heterocycles. The quantitative estimate of drug-likeness (QED) is 0.455. The molecule has 0 aliphatic heterocycles. The highest BCUT2D eigenvalue weighted by atomic mass is 35.5. The van der Waals surface area contributed by atoms with Crippen molar-refractivity contribution in [3.63, 3.8) is 0 Å². The van der Waals surface area contributed by atoms with E-state index in [4.69, 9.17) is 28.0 Å². The van der Waals surface area contributed by atoms with Crippen molar-refractivity contribution in [3.05, 3.63) is 41.2 Å². The van der Waals surface area contributed by atoms with Crippen LogP contribution >= 0.6 is 11.6 Å². The Kier molecular flexibility index (Phi) is 4.21. The molecule has 0 atom stereocenters. The minimum Gasteiger partial charge on any atom is -0.382 e. The maximum absolute atomic E-state index is 8.74. The lowest BCUT2D eigenvalue weighted by Gasteiger charge is -2.07. The van der Waals surface area contributed by atoms with Crippen molar-refractivity contribution in [3.8, 4) is 11.8 Å². The summed E-state index contributed by atoms with van der Waals surface area (Å²) in [5.41, 5.74) is 9.96. The fourth-order valence-corrected chi connectivity index (χ4v) is 1.84. The number of aromatic nitrogens is 2. The molecule has 21 heavy (non-hydrogen) atoms. The van der Waals surface area contributed by atoms with Crippen LogP contribution in [0, 0.1) is 23.7 Å². The van der Waals surface area contributed by atoms with Gasteiger partial charge < -0.3 is 5.73 Å². The average molecular weight is 302 g/mol. The van der Waals surface area contributed by atoms with Crippen LogP contribution in [0.2, 0.25) is 5.02 Å². The van der Waals surface area contributed by atoms with Crippen LogP contribution in [-0.4, -0.2) is 21.3 Å². The van der Waals surface area contributed by atoms with E-state index in [0.717, 1.165) is 11.3 Å². The Balaban J connectivity index is 2.24. The summed E-state index contributed by atoms with van der Waals surface area (Å²) in [7, 11) is 0. The molecule has 2 rings (SSSR count). The number of hydrogen-bond acceptors (Lipinski definition) is 5. The van der Waals surface area contributed by atoms with Gasteiger partial charge in [0.25, 0.3) is 0 Å². The molecule has 2 aromatic rings. The smallest absolute Gasteiger partial charge is 0.201 e. The second-order valence-electron chi connectivity index (χ2n) is 4.23. The Morgan fingerprint density at radius 1 is 1.57 bits per heavy atom. The van der Waals surface area contributed by atoms with Gasteiger partial charge in [-0.25, -0.2) is 4.68 Å². The van der Waals surface area contributed by atoms with Gasteiger partial charge in [0.1, 0.15) is 6.07 Å². The molecule has 7 nitrogen and oxygen atoms in total. The van der Waals surface area contributed by atoms with E-state index in [-0.39, 0.29) is 5.71 Å². The molecule has 106 valence electrons. The summed E-state index contributed by atoms with van der Waals surface area (Å²) in [6.45, 7) is 1.94. The first kappa shape index (κ1) is 14.6. The van der Waals surface area contributed by atoms with E-state index >= 15 is 0 Å². The van der Waals surface area contributed by atoms with Gasteiger partial charge >= 0.3 is 0 Å². The Labute approximate surface area is 126 Å². The van der Waals surface area contributed by atoms with E-state index in [2.05, 4.69) is 15.6 Å². The Hall–Kier alpha value is -2.85. The second-order valence-corrected chi connectivity index (χ2v) is 4.63. The maximum Gasteiger partial charge on any atom is 0.201 e. The van der Waals surface area contributed by atoms with E-state index in [0.29, 0.717) is 10.7 Å². The first-order valence-electron chi connectivity index (χ1n) is 5.90. The predicted octanol–water partition coefficient (Wildman–Crippen LogP) is 2.06. The van der Waals surface area contributed by atoms with Gasteiger partial charge in [0.2, 0.25) is 5.71 Å². The van der Waals surface area contributed by atoms with E-state index in [1.165, 1.54) is 0 Å². The lowest BCUT2D eigenvalue weighted by molar-refractivity contribution is 0.880. The molecule has 1 aromatic carbocycles. The third kappa shape index (κ3) is 3.38. The molecule has 0 aliphatic carbocycles. The zero-order valence-corrected chi connectivity index (χ0v) is 11.9. The van der Waals surface area contributed by atoms with E-state index in [1.54, 1.807) is 35.1 Å². The zero-order valence-electron chi connectivity index (χ0n) is 11.1. The number of hydrazone groups is 1. The van der Waals surface area contributed by atoms with Crippen LogP contribution in [0.1, 0.15) is 5.56 Å². The van der Waals surface area contributed by atoms with E-state index < -0.39 is 5.84 Å². The molecule has 0 unspecified atom stereocenters. The minimum atomic E-state index is -0.403. The highest BCUT2D eigenvalue weighted by Crippen LogP contribution is 2.24. The van der Waals surface area contributed by atoms with Crippen molar-refractivity contribution in [2.75, 3.05) is 5.43 Å². The van der Waals surface area contributed by atoms with Crippen LogP contribution < -0.4 is 11.2 Å². The minimum absolute atomic E-state index is 0.196. The first-order chi connectivity index (χ1) is 10.0. The molecule has 8 heteroatoms. The third-order valence-electron chi connectivity index (χ3n) is 2.56. The van der Waals surface area contributed by atoms with Gasteiger partial charge in [0.05, 0.1) is 22.6 Å². The number of benzene rings is 1. The van der Waals surface area contributed by atoms with E-state index in [9.17, 15) is 0 Å². The molecular weight excluding hydrogens is 290 g/mol. The molecule has 0 aliphatic rings. The molecule has 1 aromatic heterocycles. The lowest BCUT2D eigenvalue weighted by Crippen LogP contribution is -2.21. The standard InChI is InChI=1S/C13H12ClN7/c1-8-6-18-21(7-8)12-3-2-9(4-10(12)14)19-20-11(5-15)13(16)17/h2-4,6-7,19H,1H3,(H3,16,17)/b20-11+. The van der Waals surface area contributed by atoms with E-state index in [1.807, 2.05) is 13.1 Å². The molecule has 1 heterocycles. The summed E-state index contributed by atoms with van der Waals surface area (Å²) in [4.78, 5) is 0. The van der Waals surface area contributed by atoms with Crippen LogP contribution in [0.5, 0.6) is 0 Å². The van der Waals surface area contributed by atoms with Gasteiger partial charge in [-0.15, -0.1) is 0 Å². The normalized spacial score (nSPS) is 11.0. The number of amidine groups is 1. The Morgan fingerprint density at radius 3 is 2.86 bits per heavy atom. The number of aryl methyl sites for hydroxylation is 1. The van der Waals surface area contributed by atoms with Crippen molar-refractivity contribution in [1.29, 1.82) is 10.7 Å². The predicted molar refractivity (Wildman–Crippen MR) is 81.9 cm³/mol. The molecule has 0 bridgehead atoms. The molecule has 0 fully saturated rings. The highest BCUT2D eigenvalue weighted by molar-refractivity contribution is 6.45. The molecule has 0 saturated carbocycles. The van der Waals surface area contributed by atoms with Crippen molar-refractivity contribution < 1.29 is 0 Å². The van der Waals surface area contributed by atoms with Gasteiger partial charge in [-0.1, -0.05) is 11.6 Å². The van der Waals surface area contributed by atoms with Crippen molar-refractivity contribution in [2.45, 2.75) is 6.92 Å². The maximum atomic E-state index is 8.74. The molecule has 0 radical (unpaired) electrons. The fraction of sp³-hybridized carbons (Fsp3) is 0.0769. The first-order valence-corrected chi connectivity index (χ1v) is 6.28. The summed E-state index contributed by atoms with van der Waals surface area (Å²) in [6, 6.07) is 6.87. The van der Waals surface area contributed by atoms with Crippen LogP contribution in [0.15, 0.2) is 35.7 Å². The second kappa shape index (κ2) is 6.07. The fourth-order valence-electron chi connectivity index (χ4n) is 1.57. The number of halogens is 1. The number of hydrogen-bond donors (Lipinski definition) is 3. The Bertz CT molecular complexity index is 754. The Morgan fingerprint density at radius 2 is 2.33 bits per heavy atom. The summed E-state index contributed by atoms with van der Waals surface area (Å²) in [6.07, 6.45) is 3.59. The number of anilines is 1. The van der Waals surface area contributed by atoms with Gasteiger partial charge in [0.15, 0.2) is 5.84 Å². The molecule has 0 spiro atoms. The molecule has 4 N–H and O–H groups in total. The van der Waals surface area contributed by atoms with Gasteiger partial charge in [-0.2, -0.15) is 15.5 Å². The van der Waals surface area contributed by atoms with Gasteiger partial charge in [0, 0.05) is 6.20 Å². The summed E-state index contributed by atoms with van der Waals surface area (Å²) in [5, 5.41) is 24.3. The number of rotatable bonds is 4. The monoisotopic (exact) mass is 301 g/mol. The van der Waals surface area contributed by atoms with Gasteiger partial charge in [-0.05, 0) is 30.7 Å². The zero-order chi connectivity index (χ0) is 15.4. The number of nitrogens with one attached hydrogen (secondary N) is 2. The summed E-state index contributed by atoms with van der Waals surface area (Å²) in [5.74, 6) is -0.403. The summed E-state index contributed by atoms with van der Waals surface area (Å²) >= 11 is 6.20. The van der Waals surface area contributed by atoms with Crippen molar-refractivity contribution >= 4 is 28.8 Å². The van der Waals surface area contributed by atoms with Crippen LogP contribution in [0.25, 0.3) is 5.69 Å². The largest absolute Gasteiger partial charge is 0.382 e. The SMILES string of the molecule is Cc1cnn(-c2ccc(N/N=C(\C#N)C(=N)N)cc2Cl)c1. The number of nitrogens with zero attached hydrogens (tertiary/aromatic N) is 4. The summed E-state index contributed by atoms with van der Waals surface area (Å²) < 4.78 is 1.67. The number of nitriles is 1. The van der Waals surface area contributed by atoms with Crippen LogP contribution in [-0.2, 0) is 0 Å².